The minimum absolute atomic E-state index is 0.294. The van der Waals surface area contributed by atoms with Gasteiger partial charge in [-0.25, -0.2) is 0 Å². The van der Waals surface area contributed by atoms with Crippen LogP contribution in [0.3, 0.4) is 0 Å². The Morgan fingerprint density at radius 2 is 1.62 bits per heavy atom. The van der Waals surface area contributed by atoms with Crippen molar-refractivity contribution < 1.29 is 0 Å². The van der Waals surface area contributed by atoms with Gasteiger partial charge in [-0.2, -0.15) is 0 Å². The monoisotopic (exact) mass is 537 g/mol. The van der Waals surface area contributed by atoms with Gasteiger partial charge < -0.3 is 4.90 Å². The molecule has 1 saturated carbocycles. The summed E-state index contributed by atoms with van der Waals surface area (Å²) in [7, 11) is 0. The van der Waals surface area contributed by atoms with E-state index in [2.05, 4.69) is 114 Å². The average molecular weight is 538 g/mol. The molecular weight excluding hydrogens is 505 g/mol. The molecule has 2 heteroatoms. The van der Waals surface area contributed by atoms with E-state index in [0.717, 1.165) is 6.42 Å². The molecule has 0 saturated heterocycles. The minimum Gasteiger partial charge on any atom is -0.311 e. The van der Waals surface area contributed by atoms with Crippen molar-refractivity contribution in [3.05, 3.63) is 137 Å². The number of anilines is 3. The van der Waals surface area contributed by atoms with Gasteiger partial charge in [-0.15, -0.1) is 0 Å². The van der Waals surface area contributed by atoms with Gasteiger partial charge in [-0.05, 0) is 105 Å². The molecule has 1 atom stereocenters. The van der Waals surface area contributed by atoms with Crippen molar-refractivity contribution >= 4 is 46.2 Å². The van der Waals surface area contributed by atoms with Gasteiger partial charge in [0.15, 0.2) is 0 Å². The quantitative estimate of drug-likeness (QED) is 0.202. The van der Waals surface area contributed by atoms with Gasteiger partial charge in [0.05, 0.1) is 0 Å². The molecule has 2 aliphatic heterocycles. The van der Waals surface area contributed by atoms with Crippen molar-refractivity contribution in [1.82, 2.24) is 0 Å². The first-order valence-electron chi connectivity index (χ1n) is 15.9. The molecule has 10 rings (SSSR count). The zero-order chi connectivity index (χ0) is 27.4. The summed E-state index contributed by atoms with van der Waals surface area (Å²) in [5.41, 5.74) is 20.0. The van der Waals surface area contributed by atoms with Gasteiger partial charge in [-0.3, -0.25) is 0 Å². The highest BCUT2D eigenvalue weighted by Crippen LogP contribution is 2.49. The molecule has 0 radical (unpaired) electrons. The third kappa shape index (κ3) is 3.10. The Bertz CT molecular complexity index is 1960. The first kappa shape index (κ1) is 23.3. The summed E-state index contributed by atoms with van der Waals surface area (Å²) in [6.45, 7) is 0.294. The van der Waals surface area contributed by atoms with Gasteiger partial charge in [0.25, 0.3) is 0 Å². The van der Waals surface area contributed by atoms with E-state index in [9.17, 15) is 0 Å². The Hall–Kier alpha value is -4.30. The number of para-hydroxylation sites is 1. The lowest BCUT2D eigenvalue weighted by molar-refractivity contribution is 0.444. The molecule has 0 spiro atoms. The Morgan fingerprint density at radius 3 is 2.57 bits per heavy atom. The summed E-state index contributed by atoms with van der Waals surface area (Å²) in [4.78, 5) is 2.56. The van der Waals surface area contributed by atoms with Crippen LogP contribution in [0.1, 0.15) is 66.2 Å². The van der Waals surface area contributed by atoms with Gasteiger partial charge in [0.2, 0.25) is 6.71 Å². The van der Waals surface area contributed by atoms with Gasteiger partial charge in [0.1, 0.15) is 0 Å². The van der Waals surface area contributed by atoms with E-state index in [1.54, 1.807) is 5.56 Å². The summed E-state index contributed by atoms with van der Waals surface area (Å²) >= 11 is 0. The van der Waals surface area contributed by atoms with Crippen LogP contribution in [0.5, 0.6) is 0 Å². The lowest BCUT2D eigenvalue weighted by Crippen LogP contribution is -2.54. The van der Waals surface area contributed by atoms with Crippen LogP contribution in [0.15, 0.2) is 114 Å². The van der Waals surface area contributed by atoms with Crippen molar-refractivity contribution in [2.24, 2.45) is 0 Å². The van der Waals surface area contributed by atoms with E-state index in [0.29, 0.717) is 18.5 Å². The Kier molecular flexibility index (Phi) is 4.78. The second-order valence-electron chi connectivity index (χ2n) is 13.1. The highest BCUT2D eigenvalue weighted by atomic mass is 15.2. The van der Waals surface area contributed by atoms with E-state index in [-0.39, 0.29) is 0 Å². The van der Waals surface area contributed by atoms with Gasteiger partial charge in [-0.1, -0.05) is 110 Å². The highest BCUT2D eigenvalue weighted by molar-refractivity contribution is 7.01. The summed E-state index contributed by atoms with van der Waals surface area (Å²) in [5.74, 6) is 1.11. The minimum atomic E-state index is 0.294. The number of hydrogen-bond acceptors (Lipinski definition) is 1. The maximum absolute atomic E-state index is 2.56. The second-order valence-corrected chi connectivity index (χ2v) is 13.1. The number of hydrogen-bond donors (Lipinski definition) is 0. The molecule has 0 aromatic heterocycles. The van der Waals surface area contributed by atoms with Crippen LogP contribution >= 0.6 is 0 Å². The lowest BCUT2D eigenvalue weighted by Gasteiger charge is -2.38. The van der Waals surface area contributed by atoms with Gasteiger partial charge >= 0.3 is 0 Å². The molecule has 200 valence electrons. The number of allylic oxidation sites excluding steroid dienone is 7. The smallest absolute Gasteiger partial charge is 0.248 e. The predicted octanol–water partition coefficient (Wildman–Crippen LogP) is 8.10. The van der Waals surface area contributed by atoms with Crippen molar-refractivity contribution in [3.8, 4) is 11.1 Å². The molecule has 42 heavy (non-hydrogen) atoms. The molecule has 4 aliphatic carbocycles. The third-order valence-corrected chi connectivity index (χ3v) is 10.9. The fraction of sp³-hybridized carbons (Fsp3) is 0.200. The largest absolute Gasteiger partial charge is 0.311 e. The SMILES string of the molecule is C1=CC2=CCc3cc(N4c5ccccc5B5c6ccc(C7CCCCC7)cc6-c6cccc4c65)cc4c3C2C(=C1)C=C4. The van der Waals surface area contributed by atoms with E-state index < -0.39 is 0 Å². The predicted molar refractivity (Wildman–Crippen MR) is 178 cm³/mol. The lowest BCUT2D eigenvalue weighted by atomic mass is 9.37. The molecular formula is C40H32BN. The molecule has 4 aromatic carbocycles. The molecule has 1 unspecified atom stereocenters. The topological polar surface area (TPSA) is 3.24 Å². The number of fused-ring (bicyclic) bond motifs is 5. The molecule has 0 N–H and O–H groups in total. The average Bonchev–Trinajstić information content (AvgIpc) is 3.39. The molecule has 1 nitrogen and oxygen atoms in total. The number of rotatable bonds is 2. The van der Waals surface area contributed by atoms with Crippen LogP contribution in [0.2, 0.25) is 0 Å². The van der Waals surface area contributed by atoms with Crippen molar-refractivity contribution in [1.29, 1.82) is 0 Å². The fourth-order valence-electron chi connectivity index (χ4n) is 9.11. The van der Waals surface area contributed by atoms with Crippen molar-refractivity contribution in [2.45, 2.75) is 50.4 Å². The van der Waals surface area contributed by atoms with Crippen LogP contribution in [0.25, 0.3) is 17.2 Å². The zero-order valence-corrected chi connectivity index (χ0v) is 23.8. The first-order chi connectivity index (χ1) is 20.8. The fourth-order valence-corrected chi connectivity index (χ4v) is 9.11. The van der Waals surface area contributed by atoms with Crippen LogP contribution in [-0.4, -0.2) is 6.71 Å². The third-order valence-electron chi connectivity index (χ3n) is 10.9. The Balaban J connectivity index is 1.16. The highest BCUT2D eigenvalue weighted by Gasteiger charge is 2.43. The number of nitrogens with zero attached hydrogens (tertiary/aromatic N) is 1. The zero-order valence-electron chi connectivity index (χ0n) is 23.8. The summed E-state index contributed by atoms with van der Waals surface area (Å²) in [5, 5.41) is 0. The van der Waals surface area contributed by atoms with Crippen LogP contribution < -0.4 is 21.3 Å². The maximum atomic E-state index is 2.56. The summed E-state index contributed by atoms with van der Waals surface area (Å²) in [6, 6.07) is 28.6. The van der Waals surface area contributed by atoms with Crippen LogP contribution in [0.4, 0.5) is 17.1 Å². The van der Waals surface area contributed by atoms with Crippen molar-refractivity contribution in [2.75, 3.05) is 4.90 Å². The van der Waals surface area contributed by atoms with Gasteiger partial charge in [0, 0.05) is 23.0 Å². The van der Waals surface area contributed by atoms with E-state index in [4.69, 9.17) is 0 Å². The van der Waals surface area contributed by atoms with Crippen LogP contribution in [-0.2, 0) is 6.42 Å². The molecule has 6 aliphatic rings. The normalized spacial score (nSPS) is 20.4. The van der Waals surface area contributed by atoms with E-state index in [1.807, 2.05) is 0 Å². The Morgan fingerprint density at radius 1 is 0.714 bits per heavy atom. The maximum Gasteiger partial charge on any atom is 0.248 e. The second kappa shape index (κ2) is 8.61. The molecule has 0 amide bonds. The van der Waals surface area contributed by atoms with E-state index in [1.165, 1.54) is 105 Å². The van der Waals surface area contributed by atoms with Crippen molar-refractivity contribution in [3.63, 3.8) is 0 Å². The Labute approximate surface area is 248 Å². The first-order valence-corrected chi connectivity index (χ1v) is 15.9. The standard InChI is InChI=1S/C40H32BN/c1-2-8-25(9-3-1)28-20-21-34-33(24-28)32-12-7-15-37-40(32)41(34)35-13-4-5-14-36(35)42(37)31-22-29-18-16-26-10-6-11-27-17-19-30(23-31)39(29)38(26)27/h4-7,10-18,20-25,38H,1-3,8-9,19H2. The summed E-state index contributed by atoms with van der Waals surface area (Å²) in [6.07, 6.45) is 21.8. The number of benzene rings is 4. The van der Waals surface area contributed by atoms with E-state index >= 15 is 0 Å². The molecule has 4 aromatic rings. The molecule has 0 bridgehead atoms. The van der Waals surface area contributed by atoms with Crippen LogP contribution in [0, 0.1) is 0 Å². The molecule has 1 fully saturated rings. The summed E-state index contributed by atoms with van der Waals surface area (Å²) < 4.78 is 0. The molecule has 2 heterocycles.